The van der Waals surface area contributed by atoms with Crippen molar-refractivity contribution in [2.75, 3.05) is 0 Å². The molecule has 20 heavy (non-hydrogen) atoms. The van der Waals surface area contributed by atoms with Gasteiger partial charge < -0.3 is 5.73 Å². The molecule has 0 saturated carbocycles. The zero-order chi connectivity index (χ0) is 14.1. The highest BCUT2D eigenvalue weighted by atomic mass is 79.9. The summed E-state index contributed by atoms with van der Waals surface area (Å²) >= 11 is 3.53. The number of nitrogens with zero attached hydrogens (tertiary/aromatic N) is 1. The Morgan fingerprint density at radius 2 is 1.90 bits per heavy atom. The van der Waals surface area contributed by atoms with Gasteiger partial charge in [-0.3, -0.25) is 4.98 Å². The van der Waals surface area contributed by atoms with Gasteiger partial charge in [-0.15, -0.1) is 0 Å². The minimum Gasteiger partial charge on any atom is -0.320 e. The second kappa shape index (κ2) is 5.35. The number of halogens is 1. The van der Waals surface area contributed by atoms with Crippen LogP contribution in [0.4, 0.5) is 0 Å². The SMILES string of the molecule is Cc1cc(Br)cc(C(N)c2cncc3ccccc23)c1. The lowest BCUT2D eigenvalue weighted by Crippen LogP contribution is -2.13. The number of fused-ring (bicyclic) bond motifs is 1. The van der Waals surface area contributed by atoms with Crippen molar-refractivity contribution in [2.24, 2.45) is 5.73 Å². The van der Waals surface area contributed by atoms with Gasteiger partial charge >= 0.3 is 0 Å². The molecule has 0 spiro atoms. The molecule has 100 valence electrons. The van der Waals surface area contributed by atoms with E-state index in [1.54, 1.807) is 0 Å². The summed E-state index contributed by atoms with van der Waals surface area (Å²) in [5.74, 6) is 0. The zero-order valence-corrected chi connectivity index (χ0v) is 12.8. The van der Waals surface area contributed by atoms with E-state index in [-0.39, 0.29) is 6.04 Å². The molecule has 2 nitrogen and oxygen atoms in total. The van der Waals surface area contributed by atoms with Crippen LogP contribution in [0.3, 0.4) is 0 Å². The molecule has 3 aromatic rings. The van der Waals surface area contributed by atoms with Gasteiger partial charge in [0, 0.05) is 22.3 Å². The first-order chi connectivity index (χ1) is 9.65. The lowest BCUT2D eigenvalue weighted by atomic mass is 9.95. The van der Waals surface area contributed by atoms with E-state index >= 15 is 0 Å². The van der Waals surface area contributed by atoms with Gasteiger partial charge in [0.1, 0.15) is 0 Å². The van der Waals surface area contributed by atoms with Gasteiger partial charge in [-0.25, -0.2) is 0 Å². The molecule has 2 aromatic carbocycles. The van der Waals surface area contributed by atoms with Crippen molar-refractivity contribution in [3.05, 3.63) is 76.0 Å². The fourth-order valence-corrected chi connectivity index (χ4v) is 3.14. The molecule has 0 aliphatic carbocycles. The first kappa shape index (κ1) is 13.3. The van der Waals surface area contributed by atoms with Crippen LogP contribution in [0.25, 0.3) is 10.8 Å². The van der Waals surface area contributed by atoms with Crippen molar-refractivity contribution in [1.82, 2.24) is 4.98 Å². The summed E-state index contributed by atoms with van der Waals surface area (Å²) in [5.41, 5.74) is 9.80. The van der Waals surface area contributed by atoms with E-state index in [4.69, 9.17) is 5.73 Å². The Morgan fingerprint density at radius 1 is 1.10 bits per heavy atom. The third-order valence-electron chi connectivity index (χ3n) is 3.46. The van der Waals surface area contributed by atoms with Crippen molar-refractivity contribution in [3.63, 3.8) is 0 Å². The maximum absolute atomic E-state index is 6.46. The van der Waals surface area contributed by atoms with Gasteiger partial charge in [0.25, 0.3) is 0 Å². The largest absolute Gasteiger partial charge is 0.320 e. The normalized spacial score (nSPS) is 12.6. The fraction of sp³-hybridized carbons (Fsp3) is 0.118. The Balaban J connectivity index is 2.15. The molecule has 1 atom stereocenters. The van der Waals surface area contributed by atoms with Crippen LogP contribution in [0.1, 0.15) is 22.7 Å². The zero-order valence-electron chi connectivity index (χ0n) is 11.2. The molecule has 0 amide bonds. The average molecular weight is 327 g/mol. The van der Waals surface area contributed by atoms with Gasteiger partial charge in [0.15, 0.2) is 0 Å². The molecule has 0 fully saturated rings. The highest BCUT2D eigenvalue weighted by Gasteiger charge is 2.13. The molecular weight excluding hydrogens is 312 g/mol. The molecular formula is C17H15BrN2. The van der Waals surface area contributed by atoms with Crippen LogP contribution in [-0.2, 0) is 0 Å². The Labute approximate surface area is 126 Å². The Bertz CT molecular complexity index is 742. The van der Waals surface area contributed by atoms with Gasteiger partial charge in [0.2, 0.25) is 0 Å². The third kappa shape index (κ3) is 2.47. The molecule has 0 radical (unpaired) electrons. The molecule has 1 heterocycles. The predicted octanol–water partition coefficient (Wildman–Crippen LogP) is 4.35. The van der Waals surface area contributed by atoms with E-state index in [0.29, 0.717) is 0 Å². The highest BCUT2D eigenvalue weighted by molar-refractivity contribution is 9.10. The average Bonchev–Trinajstić information content (AvgIpc) is 2.45. The van der Waals surface area contributed by atoms with Crippen molar-refractivity contribution in [2.45, 2.75) is 13.0 Å². The van der Waals surface area contributed by atoms with E-state index < -0.39 is 0 Å². The summed E-state index contributed by atoms with van der Waals surface area (Å²) in [4.78, 5) is 4.31. The topological polar surface area (TPSA) is 38.9 Å². The van der Waals surface area contributed by atoms with Crippen LogP contribution >= 0.6 is 15.9 Å². The van der Waals surface area contributed by atoms with Crippen LogP contribution in [0, 0.1) is 6.92 Å². The summed E-state index contributed by atoms with van der Waals surface area (Å²) in [7, 11) is 0. The first-order valence-corrected chi connectivity index (χ1v) is 7.30. The molecule has 1 aromatic heterocycles. The molecule has 2 N–H and O–H groups in total. The molecule has 3 heteroatoms. The van der Waals surface area contributed by atoms with Crippen molar-refractivity contribution < 1.29 is 0 Å². The second-order valence-corrected chi connectivity index (χ2v) is 5.91. The van der Waals surface area contributed by atoms with Crippen LogP contribution in [0.2, 0.25) is 0 Å². The van der Waals surface area contributed by atoms with Gasteiger partial charge in [-0.05, 0) is 41.1 Å². The minimum atomic E-state index is -0.176. The summed E-state index contributed by atoms with van der Waals surface area (Å²) in [6, 6.07) is 14.3. The first-order valence-electron chi connectivity index (χ1n) is 6.50. The molecule has 0 aliphatic rings. The molecule has 0 saturated heterocycles. The third-order valence-corrected chi connectivity index (χ3v) is 3.92. The maximum Gasteiger partial charge on any atom is 0.0573 e. The van der Waals surface area contributed by atoms with Gasteiger partial charge in [0.05, 0.1) is 6.04 Å². The van der Waals surface area contributed by atoms with Crippen molar-refractivity contribution >= 4 is 26.7 Å². The summed E-state index contributed by atoms with van der Waals surface area (Å²) in [6.07, 6.45) is 3.74. The van der Waals surface area contributed by atoms with E-state index in [2.05, 4.69) is 58.2 Å². The standard InChI is InChI=1S/C17H15BrN2/c1-11-6-13(8-14(18)7-11)17(19)16-10-20-9-12-4-2-3-5-15(12)16/h2-10,17H,19H2,1H3. The quantitative estimate of drug-likeness (QED) is 0.760. The van der Waals surface area contributed by atoms with Crippen LogP contribution in [0.15, 0.2) is 59.3 Å². The van der Waals surface area contributed by atoms with Crippen LogP contribution in [0.5, 0.6) is 0 Å². The highest BCUT2D eigenvalue weighted by Crippen LogP contribution is 2.28. The lowest BCUT2D eigenvalue weighted by Gasteiger charge is -2.15. The molecule has 3 rings (SSSR count). The smallest absolute Gasteiger partial charge is 0.0573 e. The van der Waals surface area contributed by atoms with Crippen LogP contribution < -0.4 is 5.73 Å². The predicted molar refractivity (Wildman–Crippen MR) is 86.7 cm³/mol. The lowest BCUT2D eigenvalue weighted by molar-refractivity contribution is 0.871. The monoisotopic (exact) mass is 326 g/mol. The number of pyridine rings is 1. The Kier molecular flexibility index (Phi) is 3.55. The number of benzene rings is 2. The van der Waals surface area contributed by atoms with Crippen molar-refractivity contribution in [3.8, 4) is 0 Å². The molecule has 0 bridgehead atoms. The Hall–Kier alpha value is -1.71. The number of aromatic nitrogens is 1. The van der Waals surface area contributed by atoms with E-state index in [1.807, 2.05) is 24.5 Å². The van der Waals surface area contributed by atoms with Gasteiger partial charge in [-0.2, -0.15) is 0 Å². The number of rotatable bonds is 2. The van der Waals surface area contributed by atoms with E-state index in [1.165, 1.54) is 5.56 Å². The number of hydrogen-bond acceptors (Lipinski definition) is 2. The number of hydrogen-bond donors (Lipinski definition) is 1. The van der Waals surface area contributed by atoms with E-state index in [9.17, 15) is 0 Å². The summed E-state index contributed by atoms with van der Waals surface area (Å²) in [5, 5.41) is 2.28. The molecule has 1 unspecified atom stereocenters. The number of aryl methyl sites for hydroxylation is 1. The maximum atomic E-state index is 6.46. The number of nitrogens with two attached hydrogens (primary N) is 1. The van der Waals surface area contributed by atoms with Crippen LogP contribution in [-0.4, -0.2) is 4.98 Å². The Morgan fingerprint density at radius 3 is 2.70 bits per heavy atom. The molecule has 0 aliphatic heterocycles. The fourth-order valence-electron chi connectivity index (χ4n) is 2.51. The summed E-state index contributed by atoms with van der Waals surface area (Å²) < 4.78 is 1.05. The minimum absolute atomic E-state index is 0.176. The second-order valence-electron chi connectivity index (χ2n) is 4.99. The summed E-state index contributed by atoms with van der Waals surface area (Å²) in [6.45, 7) is 2.07. The van der Waals surface area contributed by atoms with Gasteiger partial charge in [-0.1, -0.05) is 46.3 Å². The van der Waals surface area contributed by atoms with E-state index in [0.717, 1.165) is 26.4 Å². The van der Waals surface area contributed by atoms with Crippen molar-refractivity contribution in [1.29, 1.82) is 0 Å².